The lowest BCUT2D eigenvalue weighted by Gasteiger charge is -2.19. The maximum absolute atomic E-state index is 14.8. The highest BCUT2D eigenvalue weighted by atomic mass is 32.3. The molecule has 0 aliphatic carbocycles. The van der Waals surface area contributed by atoms with Gasteiger partial charge in [-0.15, -0.1) is 3.77 Å². The van der Waals surface area contributed by atoms with Crippen molar-refractivity contribution in [2.75, 3.05) is 29.5 Å². The van der Waals surface area contributed by atoms with E-state index in [9.17, 15) is 26.6 Å². The molecular formula is C19H22FN3O6S2. The third kappa shape index (κ3) is 5.50. The maximum Gasteiger partial charge on any atom is 0.414 e. The zero-order valence-electron chi connectivity index (χ0n) is 16.7. The number of cyclic esters (lactones) is 1. The van der Waals surface area contributed by atoms with Crippen molar-refractivity contribution in [2.45, 2.75) is 19.4 Å². The predicted molar refractivity (Wildman–Crippen MR) is 115 cm³/mol. The van der Waals surface area contributed by atoms with Crippen molar-refractivity contribution in [3.8, 4) is 0 Å². The Balaban J connectivity index is 1.76. The van der Waals surface area contributed by atoms with Crippen LogP contribution in [0, 0.1) is 5.82 Å². The summed E-state index contributed by atoms with van der Waals surface area (Å²) in [6, 6.07) is 4.28. The number of benzene rings is 1. The second-order valence-corrected chi connectivity index (χ2v) is 11.3. The number of carbonyl (C=O) groups is 2. The summed E-state index contributed by atoms with van der Waals surface area (Å²) in [5.41, 5.74) is 1.17. The van der Waals surface area contributed by atoms with Crippen LogP contribution in [0.4, 0.5) is 14.9 Å². The largest absolute Gasteiger partial charge is 0.442 e. The van der Waals surface area contributed by atoms with Crippen LogP contribution in [0.1, 0.15) is 18.9 Å². The number of hydrogen-bond donors (Lipinski definition) is 1. The van der Waals surface area contributed by atoms with E-state index in [1.54, 1.807) is 6.07 Å². The first-order chi connectivity index (χ1) is 14.5. The van der Waals surface area contributed by atoms with Crippen molar-refractivity contribution in [1.29, 1.82) is 0 Å². The molecule has 1 unspecified atom stereocenters. The Labute approximate surface area is 180 Å². The minimum atomic E-state index is -3.96. The zero-order chi connectivity index (χ0) is 22.8. The van der Waals surface area contributed by atoms with Gasteiger partial charge in [0.25, 0.3) is 10.0 Å². The van der Waals surface area contributed by atoms with E-state index >= 15 is 0 Å². The van der Waals surface area contributed by atoms with Gasteiger partial charge < -0.3 is 10.1 Å². The van der Waals surface area contributed by atoms with E-state index in [0.29, 0.717) is 16.7 Å². The highest BCUT2D eigenvalue weighted by Gasteiger charge is 2.33. The van der Waals surface area contributed by atoms with Gasteiger partial charge in [-0.2, -0.15) is 8.42 Å². The zero-order valence-corrected chi connectivity index (χ0v) is 18.4. The van der Waals surface area contributed by atoms with Gasteiger partial charge in [0.05, 0.1) is 34.3 Å². The van der Waals surface area contributed by atoms with Crippen molar-refractivity contribution in [2.24, 2.45) is 3.77 Å². The third-order valence-corrected chi connectivity index (χ3v) is 8.66. The summed E-state index contributed by atoms with van der Waals surface area (Å²) < 4.78 is 59.1. The van der Waals surface area contributed by atoms with Gasteiger partial charge in [0, 0.05) is 23.6 Å². The molecule has 2 aliphatic rings. The Hall–Kier alpha value is -2.73. The Morgan fingerprint density at radius 1 is 1.48 bits per heavy atom. The number of ether oxygens (including phenoxy) is 1. The number of anilines is 1. The molecule has 0 radical (unpaired) electrons. The minimum absolute atomic E-state index is 0.0175. The number of sulfonamides is 1. The molecule has 0 saturated carbocycles. The Morgan fingerprint density at radius 2 is 2.23 bits per heavy atom. The number of carbonyl (C=O) groups excluding carboxylic acids is 2. The molecule has 1 fully saturated rings. The standard InChI is InChI=1S/C19H22FN3O6S2/c1-3-31(27,28)22-30(26)8-6-14(7-9-30)17-5-4-15(10-18(17)20)23-12-16(29-19(23)25)11-21-13(2)24/h3-6,10,16H,1,7-9,11-12H2,2H3,(H,21,24)/t16-,30?/m0/s1. The molecule has 2 atom stereocenters. The van der Waals surface area contributed by atoms with E-state index in [0.717, 1.165) is 0 Å². The van der Waals surface area contributed by atoms with Crippen LogP contribution in [-0.4, -0.2) is 55.3 Å². The molecule has 12 heteroatoms. The molecule has 9 nitrogen and oxygen atoms in total. The number of halogens is 1. The molecule has 0 aromatic heterocycles. The summed E-state index contributed by atoms with van der Waals surface area (Å²) >= 11 is 0. The van der Waals surface area contributed by atoms with Crippen molar-refractivity contribution >= 4 is 43.0 Å². The monoisotopic (exact) mass is 471 g/mol. The van der Waals surface area contributed by atoms with Crippen LogP contribution in [0.15, 0.2) is 40.0 Å². The Kier molecular flexibility index (Phi) is 6.51. The summed E-state index contributed by atoms with van der Waals surface area (Å²) in [5, 5.41) is 3.21. The molecule has 3 rings (SSSR count). The molecular weight excluding hydrogens is 449 g/mol. The molecule has 0 spiro atoms. The van der Waals surface area contributed by atoms with Gasteiger partial charge in [0.15, 0.2) is 0 Å². The average molecular weight is 472 g/mol. The van der Waals surface area contributed by atoms with Crippen molar-refractivity contribution in [1.82, 2.24) is 5.32 Å². The SMILES string of the molecule is C=CS(=O)(=O)N=S1(=O)CC=C(c2ccc(N3C[C@H](CNC(C)=O)OC3=O)cc2F)CC1. The van der Waals surface area contributed by atoms with Gasteiger partial charge in [-0.3, -0.25) is 9.69 Å². The second kappa shape index (κ2) is 8.79. The number of nitrogens with zero attached hydrogens (tertiary/aromatic N) is 2. The summed E-state index contributed by atoms with van der Waals surface area (Å²) in [7, 11) is -6.96. The van der Waals surface area contributed by atoms with Gasteiger partial charge >= 0.3 is 6.09 Å². The first kappa shape index (κ1) is 22.9. The molecule has 2 heterocycles. The van der Waals surface area contributed by atoms with Crippen LogP contribution in [0.3, 0.4) is 0 Å². The quantitative estimate of drug-likeness (QED) is 0.677. The molecule has 168 valence electrons. The highest BCUT2D eigenvalue weighted by molar-refractivity contribution is 8.04. The number of rotatable bonds is 6. The van der Waals surface area contributed by atoms with Crippen LogP contribution < -0.4 is 10.2 Å². The summed E-state index contributed by atoms with van der Waals surface area (Å²) in [6.07, 6.45) is 0.545. The fraction of sp³-hybridized carbons (Fsp3) is 0.368. The first-order valence-electron chi connectivity index (χ1n) is 9.35. The first-order valence-corrected chi connectivity index (χ1v) is 12.7. The lowest BCUT2D eigenvalue weighted by atomic mass is 10.0. The smallest absolute Gasteiger partial charge is 0.414 e. The molecule has 1 N–H and O–H groups in total. The van der Waals surface area contributed by atoms with Gasteiger partial charge in [0.1, 0.15) is 11.9 Å². The normalized spacial score (nSPS) is 23.7. The van der Waals surface area contributed by atoms with Gasteiger partial charge in [-0.1, -0.05) is 12.7 Å². The van der Waals surface area contributed by atoms with Crippen LogP contribution in [0.25, 0.3) is 5.57 Å². The predicted octanol–water partition coefficient (Wildman–Crippen LogP) is 2.02. The Bertz CT molecular complexity index is 1190. The van der Waals surface area contributed by atoms with E-state index < -0.39 is 37.8 Å². The molecule has 1 aromatic carbocycles. The van der Waals surface area contributed by atoms with Gasteiger partial charge in [-0.25, -0.2) is 13.4 Å². The second-order valence-electron chi connectivity index (χ2n) is 7.10. The third-order valence-electron chi connectivity index (χ3n) is 4.79. The van der Waals surface area contributed by atoms with Crippen LogP contribution in [0.5, 0.6) is 0 Å². The van der Waals surface area contributed by atoms with Crippen molar-refractivity contribution in [3.05, 3.63) is 47.6 Å². The fourth-order valence-electron chi connectivity index (χ4n) is 3.25. The van der Waals surface area contributed by atoms with E-state index in [-0.39, 0.29) is 42.5 Å². The molecule has 1 aromatic rings. The van der Waals surface area contributed by atoms with Crippen molar-refractivity contribution < 1.29 is 31.3 Å². The highest BCUT2D eigenvalue weighted by Crippen LogP contribution is 2.30. The lowest BCUT2D eigenvalue weighted by Crippen LogP contribution is -2.33. The fourth-order valence-corrected chi connectivity index (χ4v) is 6.71. The molecule has 0 bridgehead atoms. The van der Waals surface area contributed by atoms with Crippen LogP contribution >= 0.6 is 0 Å². The number of hydrogen-bond acceptors (Lipinski definition) is 6. The van der Waals surface area contributed by atoms with Crippen LogP contribution in [-0.2, 0) is 29.3 Å². The molecule has 2 amide bonds. The van der Waals surface area contributed by atoms with E-state index in [4.69, 9.17) is 4.74 Å². The van der Waals surface area contributed by atoms with E-state index in [2.05, 4.69) is 15.7 Å². The maximum atomic E-state index is 14.8. The Morgan fingerprint density at radius 3 is 2.81 bits per heavy atom. The van der Waals surface area contributed by atoms with Crippen LogP contribution in [0.2, 0.25) is 0 Å². The molecule has 1 saturated heterocycles. The molecule has 2 aliphatic heterocycles. The summed E-state index contributed by atoms with van der Waals surface area (Å²) in [4.78, 5) is 24.4. The van der Waals surface area contributed by atoms with E-state index in [1.165, 1.54) is 30.0 Å². The topological polar surface area (TPSA) is 122 Å². The minimum Gasteiger partial charge on any atom is -0.442 e. The number of nitrogens with one attached hydrogen (secondary N) is 1. The average Bonchev–Trinajstić information content (AvgIpc) is 3.07. The van der Waals surface area contributed by atoms with Gasteiger partial charge in [0.2, 0.25) is 5.91 Å². The summed E-state index contributed by atoms with van der Waals surface area (Å²) in [6.45, 7) is 4.83. The molecule has 31 heavy (non-hydrogen) atoms. The number of amides is 2. The lowest BCUT2D eigenvalue weighted by molar-refractivity contribution is -0.119. The van der Waals surface area contributed by atoms with E-state index in [1.807, 2.05) is 0 Å². The number of allylic oxidation sites excluding steroid dienone is 1. The summed E-state index contributed by atoms with van der Waals surface area (Å²) in [5.74, 6) is -0.952. The van der Waals surface area contributed by atoms with Crippen molar-refractivity contribution in [3.63, 3.8) is 0 Å². The van der Waals surface area contributed by atoms with Gasteiger partial charge in [-0.05, 0) is 30.2 Å².